The van der Waals surface area contributed by atoms with Crippen LogP contribution in [0.2, 0.25) is 0 Å². The highest BCUT2D eigenvalue weighted by Crippen LogP contribution is 2.37. The van der Waals surface area contributed by atoms with Crippen molar-refractivity contribution < 1.29 is 28.9 Å². The Hall–Kier alpha value is -1.77. The molecule has 2 fully saturated rings. The second-order valence-electron chi connectivity index (χ2n) is 6.91. The molecule has 0 spiro atoms. The van der Waals surface area contributed by atoms with Gasteiger partial charge in [0.15, 0.2) is 12.1 Å². The number of carbonyl (C=O) groups excluding carboxylic acids is 2. The Morgan fingerprint density at radius 3 is 2.46 bits per heavy atom. The van der Waals surface area contributed by atoms with Crippen molar-refractivity contribution in [2.45, 2.75) is 44.2 Å². The molecule has 0 aromatic heterocycles. The number of aliphatic hydroxyl groups excluding tert-OH is 1. The lowest BCUT2D eigenvalue weighted by Crippen LogP contribution is -2.41. The molecular formula is C18H18ClNO6. The minimum atomic E-state index is -0.935. The zero-order chi connectivity index (χ0) is 18.6. The molecule has 0 saturated carbocycles. The van der Waals surface area contributed by atoms with Crippen LogP contribution in [-0.4, -0.2) is 53.6 Å². The van der Waals surface area contributed by atoms with Gasteiger partial charge in [0, 0.05) is 17.7 Å². The van der Waals surface area contributed by atoms with Crippen molar-refractivity contribution >= 4 is 23.2 Å². The molecule has 2 saturated heterocycles. The second kappa shape index (κ2) is 6.14. The summed E-state index contributed by atoms with van der Waals surface area (Å²) in [6, 6.07) is 6.50. The third kappa shape index (κ3) is 2.76. The van der Waals surface area contributed by atoms with E-state index in [2.05, 4.69) is 5.32 Å². The smallest absolute Gasteiger partial charge is 0.211 e. The first-order valence-electron chi connectivity index (χ1n) is 8.30. The number of fused-ring (bicyclic) bond motifs is 2. The molecule has 1 aromatic rings. The summed E-state index contributed by atoms with van der Waals surface area (Å²) in [7, 11) is 0. The summed E-state index contributed by atoms with van der Waals surface area (Å²) < 4.78 is 16.9. The normalized spacial score (nSPS) is 32.6. The lowest BCUT2D eigenvalue weighted by atomic mass is 9.92. The molecule has 2 aliphatic heterocycles. The molecule has 8 heteroatoms. The van der Waals surface area contributed by atoms with Crippen LogP contribution < -0.4 is 5.32 Å². The van der Waals surface area contributed by atoms with Gasteiger partial charge in [0.05, 0.1) is 0 Å². The molecule has 26 heavy (non-hydrogen) atoms. The first-order chi connectivity index (χ1) is 12.3. The van der Waals surface area contributed by atoms with Gasteiger partial charge in [-0.25, -0.2) is 0 Å². The number of rotatable bonds is 3. The Morgan fingerprint density at radius 1 is 1.15 bits per heavy atom. The topological polar surface area (TPSA) is 94.1 Å². The fraction of sp³-hybridized carbons (Fsp3) is 0.444. The zero-order valence-electron chi connectivity index (χ0n) is 14.2. The molecular weight excluding hydrogens is 362 g/mol. The van der Waals surface area contributed by atoms with Crippen LogP contribution >= 0.6 is 11.6 Å². The maximum atomic E-state index is 12.6. The van der Waals surface area contributed by atoms with Gasteiger partial charge in [-0.15, -0.1) is 0 Å². The highest BCUT2D eigenvalue weighted by molar-refractivity contribution is 6.49. The Morgan fingerprint density at radius 2 is 1.81 bits per heavy atom. The number of aliphatic hydroxyl groups is 1. The predicted octanol–water partition coefficient (Wildman–Crippen LogP) is 1.34. The average Bonchev–Trinajstić information content (AvgIpc) is 3.05. The third-order valence-electron chi connectivity index (χ3n) is 4.66. The van der Waals surface area contributed by atoms with Gasteiger partial charge >= 0.3 is 0 Å². The second-order valence-corrected chi connectivity index (χ2v) is 7.29. The van der Waals surface area contributed by atoms with E-state index in [4.69, 9.17) is 25.8 Å². The van der Waals surface area contributed by atoms with Crippen LogP contribution in [0.25, 0.3) is 0 Å². The quantitative estimate of drug-likeness (QED) is 0.818. The molecule has 0 bridgehead atoms. The Kier molecular flexibility index (Phi) is 4.17. The largest absolute Gasteiger partial charge is 0.387 e. The van der Waals surface area contributed by atoms with Crippen LogP contribution in [0, 0.1) is 0 Å². The van der Waals surface area contributed by atoms with Crippen molar-refractivity contribution in [3.63, 3.8) is 0 Å². The van der Waals surface area contributed by atoms with Gasteiger partial charge in [-0.05, 0) is 13.8 Å². The van der Waals surface area contributed by atoms with E-state index in [9.17, 15) is 14.7 Å². The van der Waals surface area contributed by atoms with E-state index < -0.39 is 36.2 Å². The molecule has 1 aromatic carbocycles. The maximum absolute atomic E-state index is 12.6. The molecule has 138 valence electrons. The van der Waals surface area contributed by atoms with E-state index in [1.54, 1.807) is 38.1 Å². The third-order valence-corrected chi connectivity index (χ3v) is 5.02. The summed E-state index contributed by atoms with van der Waals surface area (Å²) in [6.45, 7) is 3.56. The summed E-state index contributed by atoms with van der Waals surface area (Å²) >= 11 is 6.10. The number of nitrogens with one attached hydrogen (secondary N) is 1. The lowest BCUT2D eigenvalue weighted by Gasteiger charge is -2.24. The van der Waals surface area contributed by atoms with Crippen LogP contribution in [0.1, 0.15) is 34.6 Å². The van der Waals surface area contributed by atoms with Gasteiger partial charge in [-0.2, -0.15) is 0 Å². The molecule has 0 radical (unpaired) electrons. The zero-order valence-corrected chi connectivity index (χ0v) is 14.9. The van der Waals surface area contributed by atoms with Gasteiger partial charge in [0.2, 0.25) is 11.6 Å². The maximum Gasteiger partial charge on any atom is 0.211 e. The number of halogens is 1. The number of carbonyl (C=O) groups is 2. The first kappa shape index (κ1) is 17.6. The predicted molar refractivity (Wildman–Crippen MR) is 90.7 cm³/mol. The van der Waals surface area contributed by atoms with Crippen molar-refractivity contribution in [1.29, 1.82) is 0 Å². The summed E-state index contributed by atoms with van der Waals surface area (Å²) in [5, 5.41) is 13.1. The van der Waals surface area contributed by atoms with E-state index in [1.165, 1.54) is 0 Å². The number of hydrogen-bond acceptors (Lipinski definition) is 7. The first-order valence-corrected chi connectivity index (χ1v) is 8.67. The van der Waals surface area contributed by atoms with Gasteiger partial charge in [-0.3, -0.25) is 9.59 Å². The van der Waals surface area contributed by atoms with E-state index in [-0.39, 0.29) is 28.6 Å². The summed E-state index contributed by atoms with van der Waals surface area (Å²) in [4.78, 5) is 25.0. The van der Waals surface area contributed by atoms with E-state index in [1.807, 2.05) is 0 Å². The molecule has 3 aliphatic rings. The van der Waals surface area contributed by atoms with Crippen molar-refractivity contribution in [1.82, 2.24) is 5.32 Å². The number of benzene rings is 1. The summed E-state index contributed by atoms with van der Waals surface area (Å²) in [5.41, 5.74) is 0.580. The number of hydrogen-bond donors (Lipinski definition) is 2. The van der Waals surface area contributed by atoms with Crippen LogP contribution in [0.5, 0.6) is 0 Å². The monoisotopic (exact) mass is 379 g/mol. The Balaban J connectivity index is 1.48. The van der Waals surface area contributed by atoms with Gasteiger partial charge < -0.3 is 24.6 Å². The fourth-order valence-corrected chi connectivity index (χ4v) is 3.69. The number of ether oxygens (including phenoxy) is 3. The number of Topliss-reactive ketones (excluding diaryl/α,β-unsaturated/α-hetero) is 2. The SMILES string of the molecule is CC1(C)O[C@H]2O[C@H](CNC3=C(Cl)C(=O)c4ccccc4C3=O)[C@H](O)[C@H]2O1. The van der Waals surface area contributed by atoms with Crippen molar-refractivity contribution in [3.05, 3.63) is 46.1 Å². The summed E-state index contributed by atoms with van der Waals surface area (Å²) in [5.74, 6) is -1.61. The molecule has 0 unspecified atom stereocenters. The van der Waals surface area contributed by atoms with Crippen molar-refractivity contribution in [2.75, 3.05) is 6.54 Å². The minimum absolute atomic E-state index is 0.00499. The number of ketones is 2. The average molecular weight is 380 g/mol. The minimum Gasteiger partial charge on any atom is -0.387 e. The van der Waals surface area contributed by atoms with Gasteiger partial charge in [-0.1, -0.05) is 35.9 Å². The molecule has 0 amide bonds. The fourth-order valence-electron chi connectivity index (χ4n) is 3.43. The van der Waals surface area contributed by atoms with Crippen molar-refractivity contribution in [2.24, 2.45) is 0 Å². The molecule has 2 heterocycles. The van der Waals surface area contributed by atoms with E-state index in [0.717, 1.165) is 0 Å². The van der Waals surface area contributed by atoms with Crippen LogP contribution in [0.4, 0.5) is 0 Å². The van der Waals surface area contributed by atoms with Crippen LogP contribution in [-0.2, 0) is 14.2 Å². The Bertz CT molecular complexity index is 820. The van der Waals surface area contributed by atoms with Crippen molar-refractivity contribution in [3.8, 4) is 0 Å². The van der Waals surface area contributed by atoms with Gasteiger partial charge in [0.1, 0.15) is 29.0 Å². The van der Waals surface area contributed by atoms with E-state index >= 15 is 0 Å². The standard InChI is InChI=1S/C18H18ClNO6/c1-18(2)25-16-15(23)10(24-17(16)26-18)7-20-12-11(19)13(21)8-5-3-4-6-9(8)14(12)22/h3-6,10,15-17,20,23H,7H2,1-2H3/t10-,15+,16-,17-/m1/s1. The van der Waals surface area contributed by atoms with E-state index in [0.29, 0.717) is 5.56 Å². The van der Waals surface area contributed by atoms with Gasteiger partial charge in [0.25, 0.3) is 0 Å². The van der Waals surface area contributed by atoms with Crippen LogP contribution in [0.15, 0.2) is 35.0 Å². The highest BCUT2D eigenvalue weighted by atomic mass is 35.5. The molecule has 4 atom stereocenters. The Labute approximate surface area is 154 Å². The molecule has 4 rings (SSSR count). The lowest BCUT2D eigenvalue weighted by molar-refractivity contribution is -0.213. The van der Waals surface area contributed by atoms with Crippen LogP contribution in [0.3, 0.4) is 0 Å². The molecule has 7 nitrogen and oxygen atoms in total. The summed E-state index contributed by atoms with van der Waals surface area (Å²) in [6.07, 6.45) is -2.89. The molecule has 2 N–H and O–H groups in total. The molecule has 1 aliphatic carbocycles. The number of allylic oxidation sites excluding steroid dienone is 2. The highest BCUT2D eigenvalue weighted by Gasteiger charge is 2.54.